The van der Waals surface area contributed by atoms with Crippen LogP contribution in [-0.4, -0.2) is 54.0 Å². The minimum Gasteiger partial charge on any atom is -0.352 e. The zero-order valence-corrected chi connectivity index (χ0v) is 22.0. The molecule has 1 N–H and O–H groups in total. The van der Waals surface area contributed by atoms with E-state index < -0.39 is 27.9 Å². The molecule has 35 heavy (non-hydrogen) atoms. The van der Waals surface area contributed by atoms with Crippen LogP contribution in [-0.2, 0) is 26.2 Å². The molecule has 1 aliphatic heterocycles. The Balaban J connectivity index is 1.81. The van der Waals surface area contributed by atoms with Crippen LogP contribution >= 0.6 is 23.2 Å². The molecule has 0 saturated carbocycles. The van der Waals surface area contributed by atoms with Crippen molar-refractivity contribution in [3.05, 3.63) is 63.6 Å². The average molecular weight is 540 g/mol. The van der Waals surface area contributed by atoms with Crippen LogP contribution in [0.4, 0.5) is 0 Å². The maximum atomic E-state index is 13.3. The van der Waals surface area contributed by atoms with Crippen LogP contribution in [0.5, 0.6) is 0 Å². The van der Waals surface area contributed by atoms with E-state index in [4.69, 9.17) is 23.2 Å². The summed E-state index contributed by atoms with van der Waals surface area (Å²) in [6.45, 7) is 5.09. The summed E-state index contributed by atoms with van der Waals surface area (Å²) >= 11 is 12.1. The van der Waals surface area contributed by atoms with E-state index in [-0.39, 0.29) is 41.9 Å². The molecule has 0 saturated heterocycles. The van der Waals surface area contributed by atoms with E-state index in [1.165, 1.54) is 23.1 Å². The molecule has 11 heteroatoms. The van der Waals surface area contributed by atoms with Gasteiger partial charge in [-0.25, -0.2) is 12.7 Å². The van der Waals surface area contributed by atoms with Gasteiger partial charge in [0.25, 0.3) is 15.9 Å². The van der Waals surface area contributed by atoms with E-state index in [0.717, 1.165) is 0 Å². The number of amides is 3. The van der Waals surface area contributed by atoms with Crippen molar-refractivity contribution in [3.63, 3.8) is 0 Å². The normalized spacial score (nSPS) is 15.9. The van der Waals surface area contributed by atoms with Crippen LogP contribution in [0.1, 0.15) is 49.5 Å². The molecule has 2 atom stereocenters. The summed E-state index contributed by atoms with van der Waals surface area (Å²) in [5, 5.41) is 3.52. The number of nitrogens with zero attached hydrogens (tertiary/aromatic N) is 2. The lowest BCUT2D eigenvalue weighted by Crippen LogP contribution is -2.50. The standard InChI is InChI=1S/C24H27Cl2N3O5S/c1-4-15(2)27-23(31)16(3)28(14-17-9-10-19(25)20(26)13-17)22(30)11-12-29-24(32)18-7-5-6-8-21(18)35(29,33)34/h5-10,13,15-16H,4,11-12,14H2,1-3H3,(H,27,31). The molecule has 2 aromatic rings. The topological polar surface area (TPSA) is 104 Å². The van der Waals surface area contributed by atoms with Gasteiger partial charge in [-0.05, 0) is 50.1 Å². The molecule has 1 heterocycles. The highest BCUT2D eigenvalue weighted by molar-refractivity contribution is 7.90. The van der Waals surface area contributed by atoms with E-state index in [0.29, 0.717) is 26.3 Å². The van der Waals surface area contributed by atoms with Gasteiger partial charge < -0.3 is 10.2 Å². The molecule has 2 aromatic carbocycles. The molecule has 1 aliphatic rings. The second kappa shape index (κ2) is 11.0. The number of nitrogens with one attached hydrogen (secondary N) is 1. The van der Waals surface area contributed by atoms with Crippen LogP contribution < -0.4 is 5.32 Å². The smallest absolute Gasteiger partial charge is 0.269 e. The highest BCUT2D eigenvalue weighted by Gasteiger charge is 2.41. The number of benzene rings is 2. The third-order valence-corrected chi connectivity index (χ3v) is 8.53. The van der Waals surface area contributed by atoms with Crippen molar-refractivity contribution in [3.8, 4) is 0 Å². The van der Waals surface area contributed by atoms with E-state index in [2.05, 4.69) is 5.32 Å². The van der Waals surface area contributed by atoms with Gasteiger partial charge in [0.05, 0.1) is 15.6 Å². The SMILES string of the molecule is CCC(C)NC(=O)C(C)N(Cc1ccc(Cl)c(Cl)c1)C(=O)CCN1C(=O)c2ccccc2S1(=O)=O. The van der Waals surface area contributed by atoms with Crippen molar-refractivity contribution in [1.82, 2.24) is 14.5 Å². The number of fused-ring (bicyclic) bond motifs is 1. The molecule has 0 aromatic heterocycles. The van der Waals surface area contributed by atoms with Crippen molar-refractivity contribution < 1.29 is 22.8 Å². The summed E-state index contributed by atoms with van der Waals surface area (Å²) in [4.78, 5) is 40.1. The third-order valence-electron chi connectivity index (χ3n) is 5.95. The van der Waals surface area contributed by atoms with Crippen LogP contribution in [0, 0.1) is 0 Å². The average Bonchev–Trinajstić information content (AvgIpc) is 3.02. The van der Waals surface area contributed by atoms with Gasteiger partial charge in [0.15, 0.2) is 0 Å². The van der Waals surface area contributed by atoms with E-state index in [1.807, 2.05) is 13.8 Å². The molecular weight excluding hydrogens is 513 g/mol. The van der Waals surface area contributed by atoms with E-state index in [1.54, 1.807) is 31.2 Å². The van der Waals surface area contributed by atoms with Crippen LogP contribution in [0.2, 0.25) is 10.0 Å². The van der Waals surface area contributed by atoms with Crippen LogP contribution in [0.15, 0.2) is 47.4 Å². The van der Waals surface area contributed by atoms with Crippen LogP contribution in [0.25, 0.3) is 0 Å². The fourth-order valence-electron chi connectivity index (χ4n) is 3.68. The molecule has 3 rings (SSSR count). The Morgan fingerprint density at radius 1 is 1.09 bits per heavy atom. The van der Waals surface area contributed by atoms with Crippen molar-refractivity contribution in [1.29, 1.82) is 0 Å². The molecule has 0 radical (unpaired) electrons. The highest BCUT2D eigenvalue weighted by atomic mass is 35.5. The van der Waals surface area contributed by atoms with Gasteiger partial charge in [-0.15, -0.1) is 0 Å². The van der Waals surface area contributed by atoms with E-state index >= 15 is 0 Å². The molecular formula is C24H27Cl2N3O5S. The van der Waals surface area contributed by atoms with Crippen molar-refractivity contribution in [2.45, 2.75) is 57.1 Å². The second-order valence-electron chi connectivity index (χ2n) is 8.39. The van der Waals surface area contributed by atoms with Gasteiger partial charge >= 0.3 is 0 Å². The first-order valence-electron chi connectivity index (χ1n) is 11.2. The zero-order valence-electron chi connectivity index (χ0n) is 19.6. The quantitative estimate of drug-likeness (QED) is 0.520. The van der Waals surface area contributed by atoms with Gasteiger partial charge in [0.1, 0.15) is 10.9 Å². The van der Waals surface area contributed by atoms with Gasteiger partial charge in [0.2, 0.25) is 11.8 Å². The predicted octanol–water partition coefficient (Wildman–Crippen LogP) is 3.86. The largest absolute Gasteiger partial charge is 0.352 e. The Bertz CT molecular complexity index is 1250. The number of hydrogen-bond donors (Lipinski definition) is 1. The summed E-state index contributed by atoms with van der Waals surface area (Å²) in [6, 6.07) is 9.88. The molecule has 2 unspecified atom stereocenters. The number of carbonyl (C=O) groups excluding carboxylic acids is 3. The summed E-state index contributed by atoms with van der Waals surface area (Å²) in [5.41, 5.74) is 0.724. The van der Waals surface area contributed by atoms with Gasteiger partial charge in [-0.2, -0.15) is 0 Å². The minimum atomic E-state index is -4.04. The fourth-order valence-corrected chi connectivity index (χ4v) is 5.57. The number of rotatable bonds is 9. The minimum absolute atomic E-state index is 0.0474. The van der Waals surface area contributed by atoms with Crippen molar-refractivity contribution >= 4 is 50.9 Å². The molecule has 0 bridgehead atoms. The molecule has 188 valence electrons. The predicted molar refractivity (Wildman–Crippen MR) is 134 cm³/mol. The number of carbonyl (C=O) groups is 3. The Hall–Kier alpha value is -2.62. The number of hydrogen-bond acceptors (Lipinski definition) is 5. The maximum Gasteiger partial charge on any atom is 0.269 e. The van der Waals surface area contributed by atoms with Gasteiger partial charge in [0, 0.05) is 25.6 Å². The first kappa shape index (κ1) is 27.0. The monoisotopic (exact) mass is 539 g/mol. The summed E-state index contributed by atoms with van der Waals surface area (Å²) in [5.74, 6) is -1.50. The van der Waals surface area contributed by atoms with Crippen molar-refractivity contribution in [2.24, 2.45) is 0 Å². The third kappa shape index (κ3) is 5.79. The lowest BCUT2D eigenvalue weighted by Gasteiger charge is -2.30. The lowest BCUT2D eigenvalue weighted by atomic mass is 10.1. The molecule has 8 nitrogen and oxygen atoms in total. The molecule has 3 amide bonds. The summed E-state index contributed by atoms with van der Waals surface area (Å²) < 4.78 is 26.4. The Labute approximate surface area is 215 Å². The Morgan fingerprint density at radius 3 is 2.40 bits per heavy atom. The lowest BCUT2D eigenvalue weighted by molar-refractivity contribution is -0.140. The molecule has 0 fully saturated rings. The Morgan fingerprint density at radius 2 is 1.77 bits per heavy atom. The van der Waals surface area contributed by atoms with Crippen molar-refractivity contribution in [2.75, 3.05) is 6.54 Å². The number of halogens is 2. The van der Waals surface area contributed by atoms with E-state index in [9.17, 15) is 22.8 Å². The fraction of sp³-hybridized carbons (Fsp3) is 0.375. The zero-order chi connectivity index (χ0) is 25.9. The number of sulfonamides is 1. The van der Waals surface area contributed by atoms with Crippen LogP contribution in [0.3, 0.4) is 0 Å². The second-order valence-corrected chi connectivity index (χ2v) is 11.0. The maximum absolute atomic E-state index is 13.3. The summed E-state index contributed by atoms with van der Waals surface area (Å²) in [7, 11) is -4.04. The molecule has 0 aliphatic carbocycles. The first-order chi connectivity index (χ1) is 16.5. The van der Waals surface area contributed by atoms with Gasteiger partial charge in [-0.3, -0.25) is 14.4 Å². The Kier molecular flexibility index (Phi) is 8.46. The highest BCUT2D eigenvalue weighted by Crippen LogP contribution is 2.30. The van der Waals surface area contributed by atoms with Gasteiger partial charge in [-0.1, -0.05) is 48.3 Å². The summed E-state index contributed by atoms with van der Waals surface area (Å²) in [6.07, 6.45) is 0.427. The molecule has 0 spiro atoms. The first-order valence-corrected chi connectivity index (χ1v) is 13.4.